The fourth-order valence-corrected chi connectivity index (χ4v) is 4.08. The van der Waals surface area contributed by atoms with Gasteiger partial charge in [0, 0.05) is 30.4 Å². The fraction of sp³-hybridized carbons (Fsp3) is 0.333. The van der Waals surface area contributed by atoms with Gasteiger partial charge in [0.2, 0.25) is 5.91 Å². The zero-order chi connectivity index (χ0) is 16.5. The van der Waals surface area contributed by atoms with Crippen molar-refractivity contribution in [3.05, 3.63) is 65.5 Å². The molecule has 1 aromatic carbocycles. The summed E-state index contributed by atoms with van der Waals surface area (Å²) in [4.78, 5) is 19.1. The minimum atomic E-state index is -0.0707. The van der Waals surface area contributed by atoms with Gasteiger partial charge in [-0.1, -0.05) is 36.5 Å². The highest BCUT2D eigenvalue weighted by molar-refractivity contribution is 5.86. The van der Waals surface area contributed by atoms with E-state index in [9.17, 15) is 4.79 Å². The van der Waals surface area contributed by atoms with E-state index in [4.69, 9.17) is 0 Å². The molecule has 2 aliphatic rings. The molecule has 0 bridgehead atoms. The Morgan fingerprint density at radius 3 is 2.58 bits per heavy atom. The summed E-state index contributed by atoms with van der Waals surface area (Å²) in [6.45, 7) is 0. The lowest BCUT2D eigenvalue weighted by molar-refractivity contribution is -0.129. The number of fused-ring (bicyclic) bond motifs is 1. The SMILES string of the molecule is CN1C(=O)[C@H](c2ccc(C#Cc3ccccc3)cn2)[C@H]2CCC[C@H]21. The average Bonchev–Trinajstić information content (AvgIpc) is 3.18. The quantitative estimate of drug-likeness (QED) is 0.757. The summed E-state index contributed by atoms with van der Waals surface area (Å²) >= 11 is 0. The van der Waals surface area contributed by atoms with Crippen molar-refractivity contribution in [2.75, 3.05) is 7.05 Å². The zero-order valence-corrected chi connectivity index (χ0v) is 13.8. The first-order chi connectivity index (χ1) is 11.7. The summed E-state index contributed by atoms with van der Waals surface area (Å²) in [6.07, 6.45) is 5.26. The molecule has 1 saturated carbocycles. The van der Waals surface area contributed by atoms with Crippen molar-refractivity contribution in [3.63, 3.8) is 0 Å². The lowest BCUT2D eigenvalue weighted by Gasteiger charge is -2.17. The molecule has 120 valence electrons. The van der Waals surface area contributed by atoms with Crippen molar-refractivity contribution in [1.29, 1.82) is 0 Å². The Morgan fingerprint density at radius 1 is 1.04 bits per heavy atom. The molecule has 2 aromatic rings. The third kappa shape index (κ3) is 2.59. The minimum absolute atomic E-state index is 0.0707. The monoisotopic (exact) mass is 316 g/mol. The van der Waals surface area contributed by atoms with Gasteiger partial charge in [-0.3, -0.25) is 9.78 Å². The van der Waals surface area contributed by atoms with E-state index in [2.05, 4.69) is 16.8 Å². The van der Waals surface area contributed by atoms with Crippen LogP contribution in [0, 0.1) is 17.8 Å². The lowest BCUT2D eigenvalue weighted by Crippen LogP contribution is -2.29. The lowest BCUT2D eigenvalue weighted by atomic mass is 9.89. The van der Waals surface area contributed by atoms with Crippen LogP contribution in [0.5, 0.6) is 0 Å². The molecule has 2 fully saturated rings. The number of nitrogens with zero attached hydrogens (tertiary/aromatic N) is 2. The maximum absolute atomic E-state index is 12.6. The van der Waals surface area contributed by atoms with E-state index in [-0.39, 0.29) is 11.8 Å². The van der Waals surface area contributed by atoms with Crippen molar-refractivity contribution in [1.82, 2.24) is 9.88 Å². The highest BCUT2D eigenvalue weighted by atomic mass is 16.2. The Hall–Kier alpha value is -2.60. The van der Waals surface area contributed by atoms with Gasteiger partial charge in [0.15, 0.2) is 0 Å². The van der Waals surface area contributed by atoms with Crippen molar-refractivity contribution in [2.24, 2.45) is 5.92 Å². The van der Waals surface area contributed by atoms with E-state index < -0.39 is 0 Å². The molecule has 0 spiro atoms. The molecular weight excluding hydrogens is 296 g/mol. The molecule has 0 N–H and O–H groups in total. The Kier molecular flexibility index (Phi) is 3.82. The topological polar surface area (TPSA) is 33.2 Å². The van der Waals surface area contributed by atoms with Gasteiger partial charge in [0.25, 0.3) is 0 Å². The number of benzene rings is 1. The molecule has 0 unspecified atom stereocenters. The van der Waals surface area contributed by atoms with Crippen LogP contribution in [0.25, 0.3) is 0 Å². The van der Waals surface area contributed by atoms with Crippen LogP contribution in [0.4, 0.5) is 0 Å². The van der Waals surface area contributed by atoms with E-state index in [1.807, 2.05) is 54.4 Å². The van der Waals surface area contributed by atoms with Crippen LogP contribution < -0.4 is 0 Å². The molecule has 3 nitrogen and oxygen atoms in total. The normalized spacial score (nSPS) is 25.3. The molecule has 1 saturated heterocycles. The van der Waals surface area contributed by atoms with Crippen LogP contribution >= 0.6 is 0 Å². The van der Waals surface area contributed by atoms with E-state index in [1.54, 1.807) is 6.20 Å². The molecule has 24 heavy (non-hydrogen) atoms. The molecular formula is C21H20N2O. The van der Waals surface area contributed by atoms with Gasteiger partial charge in [-0.05, 0) is 43.0 Å². The van der Waals surface area contributed by atoms with Crippen LogP contribution in [-0.4, -0.2) is 28.9 Å². The number of likely N-dealkylation sites (N-methyl/N-ethyl adjacent to an activating group) is 1. The van der Waals surface area contributed by atoms with E-state index in [1.165, 1.54) is 6.42 Å². The fourth-order valence-electron chi connectivity index (χ4n) is 4.08. The second-order valence-electron chi connectivity index (χ2n) is 6.68. The number of carbonyl (C=O) groups is 1. The van der Waals surface area contributed by atoms with E-state index >= 15 is 0 Å². The van der Waals surface area contributed by atoms with Crippen molar-refractivity contribution < 1.29 is 4.79 Å². The largest absolute Gasteiger partial charge is 0.342 e. The molecule has 2 heterocycles. The predicted octanol–water partition coefficient (Wildman–Crippen LogP) is 3.21. The molecule has 1 amide bonds. The molecule has 1 aliphatic heterocycles. The predicted molar refractivity (Wildman–Crippen MR) is 93.3 cm³/mol. The summed E-state index contributed by atoms with van der Waals surface area (Å²) in [5, 5.41) is 0. The maximum Gasteiger partial charge on any atom is 0.232 e. The Morgan fingerprint density at radius 2 is 1.83 bits per heavy atom. The number of hydrogen-bond acceptors (Lipinski definition) is 2. The number of hydrogen-bond donors (Lipinski definition) is 0. The van der Waals surface area contributed by atoms with Gasteiger partial charge in [-0.15, -0.1) is 0 Å². The van der Waals surface area contributed by atoms with Gasteiger partial charge >= 0.3 is 0 Å². The van der Waals surface area contributed by atoms with Crippen LogP contribution in [0.3, 0.4) is 0 Å². The number of rotatable bonds is 1. The van der Waals surface area contributed by atoms with Gasteiger partial charge in [0.05, 0.1) is 11.6 Å². The molecule has 0 radical (unpaired) electrons. The number of pyridine rings is 1. The van der Waals surface area contributed by atoms with Crippen LogP contribution in [0.1, 0.15) is 42.0 Å². The second kappa shape index (κ2) is 6.13. The number of likely N-dealkylation sites (tertiary alicyclic amines) is 1. The zero-order valence-electron chi connectivity index (χ0n) is 13.8. The minimum Gasteiger partial charge on any atom is -0.342 e. The number of amides is 1. The first-order valence-corrected chi connectivity index (χ1v) is 8.54. The maximum atomic E-state index is 12.6. The van der Waals surface area contributed by atoms with E-state index in [0.717, 1.165) is 29.7 Å². The van der Waals surface area contributed by atoms with E-state index in [0.29, 0.717) is 12.0 Å². The summed E-state index contributed by atoms with van der Waals surface area (Å²) in [5.74, 6) is 6.85. The molecule has 4 rings (SSSR count). The van der Waals surface area contributed by atoms with Crippen LogP contribution in [-0.2, 0) is 4.79 Å². The Balaban J connectivity index is 1.56. The van der Waals surface area contributed by atoms with Gasteiger partial charge in [0.1, 0.15) is 0 Å². The number of aromatic nitrogens is 1. The van der Waals surface area contributed by atoms with Gasteiger partial charge in [-0.25, -0.2) is 0 Å². The standard InChI is InChI=1S/C21H20N2O/c1-23-19-9-5-8-17(19)20(21(23)24)18-13-12-16(14-22-18)11-10-15-6-3-2-4-7-15/h2-4,6-7,12-14,17,19-20H,5,8-9H2,1H3/t17-,19+,20-/m0/s1. The second-order valence-corrected chi connectivity index (χ2v) is 6.68. The Labute approximate surface area is 142 Å². The summed E-state index contributed by atoms with van der Waals surface area (Å²) < 4.78 is 0. The van der Waals surface area contributed by atoms with Gasteiger partial charge in [-0.2, -0.15) is 0 Å². The van der Waals surface area contributed by atoms with Crippen molar-refractivity contribution in [2.45, 2.75) is 31.2 Å². The van der Waals surface area contributed by atoms with Crippen molar-refractivity contribution in [3.8, 4) is 11.8 Å². The average molecular weight is 316 g/mol. The summed E-state index contributed by atoms with van der Waals surface area (Å²) in [7, 11) is 1.94. The highest BCUT2D eigenvalue weighted by Crippen LogP contribution is 2.45. The smallest absolute Gasteiger partial charge is 0.232 e. The summed E-state index contributed by atoms with van der Waals surface area (Å²) in [6, 6.07) is 14.3. The molecule has 1 aromatic heterocycles. The van der Waals surface area contributed by atoms with Crippen LogP contribution in [0.2, 0.25) is 0 Å². The number of carbonyl (C=O) groups excluding carboxylic acids is 1. The molecule has 1 aliphatic carbocycles. The highest BCUT2D eigenvalue weighted by Gasteiger charge is 2.49. The Bertz CT molecular complexity index is 801. The molecule has 3 atom stereocenters. The summed E-state index contributed by atoms with van der Waals surface area (Å²) in [5.41, 5.74) is 2.76. The molecule has 3 heteroatoms. The third-order valence-corrected chi connectivity index (χ3v) is 5.30. The third-order valence-electron chi connectivity index (χ3n) is 5.30. The van der Waals surface area contributed by atoms with Crippen molar-refractivity contribution >= 4 is 5.91 Å². The van der Waals surface area contributed by atoms with Crippen LogP contribution in [0.15, 0.2) is 48.7 Å². The first kappa shape index (κ1) is 15.0. The first-order valence-electron chi connectivity index (χ1n) is 8.54. The van der Waals surface area contributed by atoms with Gasteiger partial charge < -0.3 is 4.90 Å².